The first-order chi connectivity index (χ1) is 14.5. The third-order valence-electron chi connectivity index (χ3n) is 7.09. The SMILES string of the molecule is CCCCCCOCCC(=O)Oc1cc(F)c2c(c1)[C@@]1(C)CCCCC[C@@H](C2)[C@@H]1N. The molecule has 3 rings (SSSR count). The van der Waals surface area contributed by atoms with Gasteiger partial charge in [0.05, 0.1) is 13.0 Å². The van der Waals surface area contributed by atoms with E-state index in [4.69, 9.17) is 15.2 Å². The van der Waals surface area contributed by atoms with Crippen LogP contribution in [0.25, 0.3) is 0 Å². The van der Waals surface area contributed by atoms with Crippen LogP contribution in [0, 0.1) is 11.7 Å². The minimum atomic E-state index is -0.385. The van der Waals surface area contributed by atoms with Crippen molar-refractivity contribution in [3.05, 3.63) is 29.1 Å². The molecule has 0 aromatic heterocycles. The van der Waals surface area contributed by atoms with Crippen molar-refractivity contribution in [1.29, 1.82) is 0 Å². The third-order valence-corrected chi connectivity index (χ3v) is 7.09. The summed E-state index contributed by atoms with van der Waals surface area (Å²) < 4.78 is 26.0. The molecular weight excluding hydrogens is 381 g/mol. The molecule has 1 fully saturated rings. The van der Waals surface area contributed by atoms with E-state index >= 15 is 4.39 Å². The van der Waals surface area contributed by atoms with E-state index < -0.39 is 0 Å². The van der Waals surface area contributed by atoms with Crippen LogP contribution in [0.5, 0.6) is 5.75 Å². The van der Waals surface area contributed by atoms with Gasteiger partial charge in [0.25, 0.3) is 0 Å². The standard InChI is InChI=1S/C25H38FNO3/c1-3-4-5-9-13-29-14-11-23(28)30-19-16-21-20(22(26)17-19)15-18-10-7-6-8-12-25(21,2)24(18)27/h16-18,24H,3-15,27H2,1-2H3/t18-,24-,25+/m0/s1. The van der Waals surface area contributed by atoms with Crippen molar-refractivity contribution in [3.8, 4) is 5.75 Å². The van der Waals surface area contributed by atoms with Crippen molar-refractivity contribution < 1.29 is 18.7 Å². The van der Waals surface area contributed by atoms with Crippen LogP contribution in [0.4, 0.5) is 4.39 Å². The summed E-state index contributed by atoms with van der Waals surface area (Å²) in [6, 6.07) is 3.24. The van der Waals surface area contributed by atoms with E-state index in [1.165, 1.54) is 31.7 Å². The average molecular weight is 420 g/mol. The Bertz CT molecular complexity index is 723. The molecule has 0 radical (unpaired) electrons. The molecule has 168 valence electrons. The van der Waals surface area contributed by atoms with Gasteiger partial charge in [0, 0.05) is 24.1 Å². The van der Waals surface area contributed by atoms with Gasteiger partial charge in [0.15, 0.2) is 0 Å². The van der Waals surface area contributed by atoms with Gasteiger partial charge in [-0.1, -0.05) is 52.4 Å². The fraction of sp³-hybridized carbons (Fsp3) is 0.720. The summed E-state index contributed by atoms with van der Waals surface area (Å²) in [5, 5.41) is 0. The molecule has 2 aliphatic carbocycles. The molecule has 2 aliphatic rings. The van der Waals surface area contributed by atoms with Crippen LogP contribution >= 0.6 is 0 Å². The van der Waals surface area contributed by atoms with Gasteiger partial charge in [-0.25, -0.2) is 4.39 Å². The van der Waals surface area contributed by atoms with Crippen LogP contribution in [0.3, 0.4) is 0 Å². The zero-order valence-corrected chi connectivity index (χ0v) is 18.7. The number of unbranched alkanes of at least 4 members (excludes halogenated alkanes) is 3. The normalized spacial score (nSPS) is 25.9. The van der Waals surface area contributed by atoms with Crippen LogP contribution in [-0.2, 0) is 21.4 Å². The quantitative estimate of drug-likeness (QED) is 0.329. The monoisotopic (exact) mass is 419 g/mol. The molecule has 0 saturated heterocycles. The highest BCUT2D eigenvalue weighted by molar-refractivity contribution is 5.72. The summed E-state index contributed by atoms with van der Waals surface area (Å²) >= 11 is 0. The van der Waals surface area contributed by atoms with Crippen LogP contribution in [-0.4, -0.2) is 25.2 Å². The number of carbonyl (C=O) groups is 1. The molecule has 1 aromatic rings. The van der Waals surface area contributed by atoms with Gasteiger partial charge in [-0.2, -0.15) is 0 Å². The topological polar surface area (TPSA) is 61.5 Å². The largest absolute Gasteiger partial charge is 0.426 e. The Hall–Kier alpha value is -1.46. The lowest BCUT2D eigenvalue weighted by Crippen LogP contribution is -2.53. The van der Waals surface area contributed by atoms with Crippen molar-refractivity contribution in [2.45, 2.75) is 95.9 Å². The Balaban J connectivity index is 1.64. The van der Waals surface area contributed by atoms with E-state index in [0.717, 1.165) is 43.2 Å². The lowest BCUT2D eigenvalue weighted by molar-refractivity contribution is -0.135. The first kappa shape index (κ1) is 23.2. The van der Waals surface area contributed by atoms with Crippen LogP contribution in [0.2, 0.25) is 0 Å². The highest BCUT2D eigenvalue weighted by Gasteiger charge is 2.45. The maximum absolute atomic E-state index is 15.0. The van der Waals surface area contributed by atoms with Gasteiger partial charge in [-0.05, 0) is 48.8 Å². The predicted octanol–water partition coefficient (Wildman–Crippen LogP) is 5.44. The van der Waals surface area contributed by atoms with Crippen molar-refractivity contribution in [1.82, 2.24) is 0 Å². The fourth-order valence-electron chi connectivity index (χ4n) is 5.21. The average Bonchev–Trinajstić information content (AvgIpc) is 2.71. The first-order valence-electron chi connectivity index (χ1n) is 11.8. The molecule has 0 aliphatic heterocycles. The number of nitrogens with two attached hydrogens (primary N) is 1. The van der Waals surface area contributed by atoms with E-state index in [2.05, 4.69) is 13.8 Å². The third kappa shape index (κ3) is 5.42. The van der Waals surface area contributed by atoms with Gasteiger partial charge in [0.2, 0.25) is 0 Å². The van der Waals surface area contributed by atoms with Gasteiger partial charge < -0.3 is 15.2 Å². The summed E-state index contributed by atoms with van der Waals surface area (Å²) in [7, 11) is 0. The summed E-state index contributed by atoms with van der Waals surface area (Å²) in [5.41, 5.74) is 8.11. The molecule has 30 heavy (non-hydrogen) atoms. The molecule has 3 atom stereocenters. The zero-order valence-electron chi connectivity index (χ0n) is 18.7. The van der Waals surface area contributed by atoms with Crippen LogP contribution in [0.15, 0.2) is 12.1 Å². The Labute approximate surface area is 180 Å². The number of hydrogen-bond acceptors (Lipinski definition) is 4. The highest BCUT2D eigenvalue weighted by atomic mass is 19.1. The number of benzene rings is 1. The van der Waals surface area contributed by atoms with Crippen LogP contribution in [0.1, 0.15) is 89.2 Å². The summed E-state index contributed by atoms with van der Waals surface area (Å²) in [4.78, 5) is 12.2. The maximum Gasteiger partial charge on any atom is 0.313 e. The smallest absolute Gasteiger partial charge is 0.313 e. The van der Waals surface area contributed by atoms with Gasteiger partial charge in [-0.3, -0.25) is 4.79 Å². The van der Waals surface area contributed by atoms with Crippen molar-refractivity contribution >= 4 is 5.97 Å². The fourth-order valence-corrected chi connectivity index (χ4v) is 5.21. The second kappa shape index (κ2) is 10.7. The minimum absolute atomic E-state index is 0.0109. The highest BCUT2D eigenvalue weighted by Crippen LogP contribution is 2.47. The lowest BCUT2D eigenvalue weighted by Gasteiger charge is -2.47. The van der Waals surface area contributed by atoms with Crippen LogP contribution < -0.4 is 10.5 Å². The second-order valence-electron chi connectivity index (χ2n) is 9.34. The summed E-state index contributed by atoms with van der Waals surface area (Å²) in [5.74, 6) is -0.0526. The number of rotatable bonds is 9. The van der Waals surface area contributed by atoms with Crippen molar-refractivity contribution in [2.24, 2.45) is 11.7 Å². The number of fused-ring (bicyclic) bond motifs is 4. The first-order valence-corrected chi connectivity index (χ1v) is 11.8. The molecule has 0 amide bonds. The van der Waals surface area contributed by atoms with E-state index in [9.17, 15) is 4.79 Å². The Kier molecular flexibility index (Phi) is 8.29. The molecule has 0 heterocycles. The maximum atomic E-state index is 15.0. The Morgan fingerprint density at radius 1 is 1.20 bits per heavy atom. The molecule has 5 heteroatoms. The number of hydrogen-bond donors (Lipinski definition) is 1. The second-order valence-corrected chi connectivity index (χ2v) is 9.34. The van der Waals surface area contributed by atoms with E-state index in [0.29, 0.717) is 25.6 Å². The van der Waals surface area contributed by atoms with E-state index in [-0.39, 0.29) is 35.4 Å². The van der Waals surface area contributed by atoms with Crippen molar-refractivity contribution in [2.75, 3.05) is 13.2 Å². The predicted molar refractivity (Wildman–Crippen MR) is 117 cm³/mol. The molecule has 2 bridgehead atoms. The zero-order chi connectivity index (χ0) is 21.6. The Morgan fingerprint density at radius 2 is 2.03 bits per heavy atom. The molecular formula is C25H38FNO3. The number of esters is 1. The molecule has 1 aromatic carbocycles. The van der Waals surface area contributed by atoms with E-state index in [1.807, 2.05) is 6.07 Å². The molecule has 1 saturated carbocycles. The van der Waals surface area contributed by atoms with E-state index in [1.54, 1.807) is 0 Å². The number of ether oxygens (including phenoxy) is 2. The molecule has 0 spiro atoms. The number of halogens is 1. The van der Waals surface area contributed by atoms with Gasteiger partial charge in [-0.15, -0.1) is 0 Å². The number of carbonyl (C=O) groups excluding carboxylic acids is 1. The van der Waals surface area contributed by atoms with Gasteiger partial charge >= 0.3 is 5.97 Å². The lowest BCUT2D eigenvalue weighted by atomic mass is 9.60. The molecule has 4 nitrogen and oxygen atoms in total. The van der Waals surface area contributed by atoms with Gasteiger partial charge in [0.1, 0.15) is 11.6 Å². The molecule has 2 N–H and O–H groups in total. The Morgan fingerprint density at radius 3 is 2.83 bits per heavy atom. The summed E-state index contributed by atoms with van der Waals surface area (Å²) in [6.45, 7) is 5.33. The summed E-state index contributed by atoms with van der Waals surface area (Å²) in [6.07, 6.45) is 10.9. The molecule has 0 unspecified atom stereocenters. The van der Waals surface area contributed by atoms with Crippen molar-refractivity contribution in [3.63, 3.8) is 0 Å². The minimum Gasteiger partial charge on any atom is -0.426 e.